The molecule has 1 aromatic carbocycles. The summed E-state index contributed by atoms with van der Waals surface area (Å²) in [7, 11) is 4.19. The number of benzene rings is 1. The first-order valence-electron chi connectivity index (χ1n) is 11.5. The van der Waals surface area contributed by atoms with Crippen molar-refractivity contribution in [3.8, 4) is 11.1 Å². The molecule has 2 atom stereocenters. The Balaban J connectivity index is 1.76. The maximum absolute atomic E-state index is 12.2. The van der Waals surface area contributed by atoms with Crippen molar-refractivity contribution in [3.63, 3.8) is 0 Å². The number of hydrogen-bond acceptors (Lipinski definition) is 5. The summed E-state index contributed by atoms with van der Waals surface area (Å²) in [6.45, 7) is 6.07. The second kappa shape index (κ2) is 8.52. The van der Waals surface area contributed by atoms with E-state index < -0.39 is 0 Å². The van der Waals surface area contributed by atoms with Gasteiger partial charge in [0.15, 0.2) is 0 Å². The Morgan fingerprint density at radius 1 is 1.18 bits per heavy atom. The van der Waals surface area contributed by atoms with E-state index in [9.17, 15) is 4.79 Å². The molecule has 33 heavy (non-hydrogen) atoms. The topological polar surface area (TPSA) is 63.9 Å². The second-order valence-corrected chi connectivity index (χ2v) is 9.11. The van der Waals surface area contributed by atoms with Gasteiger partial charge in [0, 0.05) is 23.5 Å². The quantitative estimate of drug-likeness (QED) is 0.292. The lowest BCUT2D eigenvalue weighted by atomic mass is 9.89. The zero-order valence-corrected chi connectivity index (χ0v) is 19.4. The fourth-order valence-electron chi connectivity index (χ4n) is 5.14. The molecule has 1 saturated carbocycles. The zero-order chi connectivity index (χ0) is 23.1. The smallest absolute Gasteiger partial charge is 0.150 e. The van der Waals surface area contributed by atoms with Crippen molar-refractivity contribution in [1.29, 1.82) is 0 Å². The molecular weight excluding hydrogens is 410 g/mol. The van der Waals surface area contributed by atoms with Crippen LogP contribution < -0.4 is 0 Å². The van der Waals surface area contributed by atoms with E-state index in [1.807, 2.05) is 31.5 Å². The molecule has 6 heteroatoms. The minimum atomic E-state index is 0.0182. The Morgan fingerprint density at radius 2 is 1.94 bits per heavy atom. The van der Waals surface area contributed by atoms with Gasteiger partial charge in [-0.15, -0.1) is 0 Å². The van der Waals surface area contributed by atoms with E-state index in [-0.39, 0.29) is 12.1 Å². The van der Waals surface area contributed by atoms with Gasteiger partial charge in [0.05, 0.1) is 23.1 Å². The molecule has 0 saturated heterocycles. The van der Waals surface area contributed by atoms with Crippen molar-refractivity contribution in [3.05, 3.63) is 78.2 Å². The van der Waals surface area contributed by atoms with Gasteiger partial charge in [-0.2, -0.15) is 0 Å². The Labute approximate surface area is 194 Å². The number of carbonyl (C=O) groups is 1. The first-order chi connectivity index (χ1) is 16.1. The molecule has 2 aliphatic rings. The van der Waals surface area contributed by atoms with Gasteiger partial charge in [0.1, 0.15) is 18.4 Å². The van der Waals surface area contributed by atoms with E-state index in [1.165, 1.54) is 5.57 Å². The van der Waals surface area contributed by atoms with Crippen LogP contribution in [-0.2, 0) is 4.79 Å². The lowest BCUT2D eigenvalue weighted by molar-refractivity contribution is -0.104. The van der Waals surface area contributed by atoms with E-state index in [4.69, 9.17) is 4.98 Å². The summed E-state index contributed by atoms with van der Waals surface area (Å²) >= 11 is 0. The average molecular weight is 440 g/mol. The highest BCUT2D eigenvalue weighted by Crippen LogP contribution is 2.49. The minimum absolute atomic E-state index is 0.0182. The molecule has 1 aliphatic carbocycles. The standard InChI is InChI=1S/C27H29N5O/c1-5-17(15-33)26(21(6-2)18-7-8-18)24-12-25(31(3)4)27-30-22-10-9-19(11-23(22)32(24)27)20-13-28-16-29-14-20/h5-6,9-11,13-16,18,24-25H,2,7-8,12H2,1,3-4H3/b17-5-,26-21-. The van der Waals surface area contributed by atoms with Gasteiger partial charge in [-0.1, -0.05) is 24.8 Å². The van der Waals surface area contributed by atoms with Crippen LogP contribution in [0.1, 0.15) is 44.1 Å². The van der Waals surface area contributed by atoms with Crippen LogP contribution in [0.25, 0.3) is 22.2 Å². The molecule has 2 aromatic heterocycles. The minimum Gasteiger partial charge on any atom is -0.319 e. The van der Waals surface area contributed by atoms with E-state index in [0.717, 1.165) is 64.7 Å². The predicted molar refractivity (Wildman–Crippen MR) is 131 cm³/mol. The molecule has 168 valence electrons. The lowest BCUT2D eigenvalue weighted by Gasteiger charge is -2.23. The Kier molecular flexibility index (Phi) is 5.54. The summed E-state index contributed by atoms with van der Waals surface area (Å²) in [5.41, 5.74) is 7.11. The Morgan fingerprint density at radius 3 is 2.55 bits per heavy atom. The molecular formula is C27H29N5O. The van der Waals surface area contributed by atoms with Gasteiger partial charge >= 0.3 is 0 Å². The van der Waals surface area contributed by atoms with Crippen LogP contribution in [0.4, 0.5) is 0 Å². The predicted octanol–water partition coefficient (Wildman–Crippen LogP) is 5.08. The van der Waals surface area contributed by atoms with Crippen molar-refractivity contribution < 1.29 is 4.79 Å². The second-order valence-electron chi connectivity index (χ2n) is 9.11. The van der Waals surface area contributed by atoms with Crippen LogP contribution in [0.2, 0.25) is 0 Å². The first kappa shape index (κ1) is 21.5. The van der Waals surface area contributed by atoms with Crippen molar-refractivity contribution in [1.82, 2.24) is 24.4 Å². The van der Waals surface area contributed by atoms with Gasteiger partial charge < -0.3 is 4.57 Å². The van der Waals surface area contributed by atoms with Crippen molar-refractivity contribution in [2.45, 2.75) is 38.3 Å². The Bertz CT molecular complexity index is 1280. The third-order valence-electron chi connectivity index (χ3n) is 6.92. The van der Waals surface area contributed by atoms with Crippen LogP contribution in [0.3, 0.4) is 0 Å². The molecule has 0 radical (unpaired) electrons. The maximum atomic E-state index is 12.2. The van der Waals surface area contributed by atoms with Crippen LogP contribution in [-0.4, -0.2) is 44.8 Å². The number of hydrogen-bond donors (Lipinski definition) is 0. The number of imidazole rings is 1. The number of fused-ring (bicyclic) bond motifs is 3. The Hall–Kier alpha value is -3.38. The van der Waals surface area contributed by atoms with E-state index in [2.05, 4.69) is 58.3 Å². The number of carbonyl (C=O) groups excluding carboxylic acids is 1. The monoisotopic (exact) mass is 439 g/mol. The molecule has 0 bridgehead atoms. The first-order valence-corrected chi connectivity index (χ1v) is 11.5. The summed E-state index contributed by atoms with van der Waals surface area (Å²) < 4.78 is 2.35. The average Bonchev–Trinajstić information content (AvgIpc) is 3.50. The fraction of sp³-hybridized carbons (Fsp3) is 0.333. The molecule has 0 amide bonds. The van der Waals surface area contributed by atoms with Crippen LogP contribution in [0, 0.1) is 5.92 Å². The van der Waals surface area contributed by atoms with Gasteiger partial charge in [0.2, 0.25) is 0 Å². The normalized spacial score (nSPS) is 21.3. The van der Waals surface area contributed by atoms with E-state index in [0.29, 0.717) is 5.92 Å². The summed E-state index contributed by atoms with van der Waals surface area (Å²) in [6, 6.07) is 6.50. The highest BCUT2D eigenvalue weighted by molar-refractivity contribution is 5.85. The highest BCUT2D eigenvalue weighted by atomic mass is 16.1. The molecule has 2 unspecified atom stereocenters. The maximum Gasteiger partial charge on any atom is 0.150 e. The SMILES string of the molecule is C=C/C(=C(\C(C=O)=C/C)C1CC(N(C)C)c2nc3ccc(-c4cncnc4)cc3n21)C1CC1. The molecule has 1 fully saturated rings. The molecule has 3 heterocycles. The van der Waals surface area contributed by atoms with Gasteiger partial charge in [-0.05, 0) is 75.0 Å². The zero-order valence-electron chi connectivity index (χ0n) is 19.4. The van der Waals surface area contributed by atoms with Gasteiger partial charge in [0.25, 0.3) is 0 Å². The molecule has 1 aliphatic heterocycles. The molecule has 3 aromatic rings. The molecule has 0 N–H and O–H groups in total. The molecule has 6 nitrogen and oxygen atoms in total. The summed E-state index contributed by atoms with van der Waals surface area (Å²) in [4.78, 5) is 27.8. The van der Waals surface area contributed by atoms with Crippen molar-refractivity contribution in [2.75, 3.05) is 14.1 Å². The number of aldehydes is 1. The highest BCUT2D eigenvalue weighted by Gasteiger charge is 2.40. The van der Waals surface area contributed by atoms with Crippen LogP contribution in [0.5, 0.6) is 0 Å². The fourth-order valence-corrected chi connectivity index (χ4v) is 5.14. The third kappa shape index (κ3) is 3.64. The van der Waals surface area contributed by atoms with Crippen molar-refractivity contribution >= 4 is 17.3 Å². The third-order valence-corrected chi connectivity index (χ3v) is 6.92. The summed E-state index contributed by atoms with van der Waals surface area (Å²) in [5, 5.41) is 0. The summed E-state index contributed by atoms with van der Waals surface area (Å²) in [6.07, 6.45) is 13.3. The van der Waals surface area contributed by atoms with E-state index >= 15 is 0 Å². The number of aromatic nitrogens is 4. The number of allylic oxidation sites excluding steroid dienone is 5. The van der Waals surface area contributed by atoms with Crippen LogP contribution >= 0.6 is 0 Å². The summed E-state index contributed by atoms with van der Waals surface area (Å²) in [5.74, 6) is 1.53. The van der Waals surface area contributed by atoms with E-state index in [1.54, 1.807) is 6.33 Å². The largest absolute Gasteiger partial charge is 0.319 e. The number of nitrogens with zero attached hydrogens (tertiary/aromatic N) is 5. The van der Waals surface area contributed by atoms with Crippen LogP contribution in [0.15, 0.2) is 72.4 Å². The number of rotatable bonds is 7. The molecule has 0 spiro atoms. The van der Waals surface area contributed by atoms with Crippen molar-refractivity contribution in [2.24, 2.45) is 5.92 Å². The molecule has 5 rings (SSSR count). The lowest BCUT2D eigenvalue weighted by Crippen LogP contribution is -2.18. The van der Waals surface area contributed by atoms with Gasteiger partial charge in [-0.25, -0.2) is 15.0 Å². The van der Waals surface area contributed by atoms with Gasteiger partial charge in [-0.3, -0.25) is 9.69 Å².